The highest BCUT2D eigenvalue weighted by Crippen LogP contribution is 2.51. The summed E-state index contributed by atoms with van der Waals surface area (Å²) >= 11 is 0. The van der Waals surface area contributed by atoms with E-state index in [0.717, 1.165) is 22.6 Å². The molecule has 63 heavy (non-hydrogen) atoms. The van der Waals surface area contributed by atoms with Crippen molar-refractivity contribution in [2.75, 3.05) is 49.3 Å². The Hall–Kier alpha value is -4.77. The van der Waals surface area contributed by atoms with E-state index in [4.69, 9.17) is 14.0 Å². The summed E-state index contributed by atoms with van der Waals surface area (Å²) in [6, 6.07) is 11.4. The van der Waals surface area contributed by atoms with Crippen molar-refractivity contribution in [3.8, 4) is 11.3 Å². The number of allylic oxidation sites excluding steroid dienone is 3. The van der Waals surface area contributed by atoms with Crippen LogP contribution in [0.1, 0.15) is 90.0 Å². The molecule has 4 aliphatic rings. The van der Waals surface area contributed by atoms with Crippen molar-refractivity contribution in [2.24, 2.45) is 0 Å². The lowest BCUT2D eigenvalue weighted by Crippen LogP contribution is -2.33. The lowest BCUT2D eigenvalue weighted by molar-refractivity contribution is -0.198. The van der Waals surface area contributed by atoms with Crippen LogP contribution in [-0.4, -0.2) is 106 Å². The van der Waals surface area contributed by atoms with Crippen molar-refractivity contribution in [3.05, 3.63) is 82.6 Å². The van der Waals surface area contributed by atoms with Crippen molar-refractivity contribution in [1.82, 2.24) is 9.64 Å². The zero-order chi connectivity index (χ0) is 46.5. The summed E-state index contributed by atoms with van der Waals surface area (Å²) in [5.41, 5.74) is 1.69. The molecule has 3 heterocycles. The van der Waals surface area contributed by atoms with Crippen LogP contribution in [0.5, 0.6) is 0 Å². The van der Waals surface area contributed by atoms with Crippen molar-refractivity contribution < 1.29 is 67.3 Å². The van der Waals surface area contributed by atoms with E-state index in [1.54, 1.807) is 30.1 Å². The molecule has 0 spiro atoms. The Morgan fingerprint density at radius 2 is 1.59 bits per heavy atom. The first-order valence-electron chi connectivity index (χ1n) is 20.3. The van der Waals surface area contributed by atoms with Crippen LogP contribution in [0.2, 0.25) is 0 Å². The maximum Gasteiger partial charge on any atom is 0.335 e. The largest absolute Gasteiger partial charge is 0.748 e. The van der Waals surface area contributed by atoms with Gasteiger partial charge in [-0.1, -0.05) is 26.8 Å². The van der Waals surface area contributed by atoms with E-state index >= 15 is 0 Å². The zero-order valence-electron chi connectivity index (χ0n) is 35.7. The highest BCUT2D eigenvalue weighted by atomic mass is 32.2. The summed E-state index contributed by atoms with van der Waals surface area (Å²) in [6.07, 6.45) is 4.81. The molecule has 0 bridgehead atoms. The smallest absolute Gasteiger partial charge is 0.335 e. The third-order valence-corrected chi connectivity index (χ3v) is 13.2. The average molecular weight is 934 g/mol. The summed E-state index contributed by atoms with van der Waals surface area (Å²) in [7, 11) is -13.9. The van der Waals surface area contributed by atoms with Crippen LogP contribution < -0.4 is 14.8 Å². The molecule has 1 aromatic rings. The molecule has 0 N–H and O–H groups in total. The quantitative estimate of drug-likeness (QED) is 0.0722. The summed E-state index contributed by atoms with van der Waals surface area (Å²) in [5.74, 6) is -2.32. The first kappa shape index (κ1) is 49.2. The molecular weight excluding hydrogens is 883 g/mol. The van der Waals surface area contributed by atoms with Gasteiger partial charge in [0.05, 0.1) is 50.8 Å². The van der Waals surface area contributed by atoms with Gasteiger partial charge in [-0.2, -0.15) is 0 Å². The van der Waals surface area contributed by atoms with Gasteiger partial charge in [-0.15, -0.1) is 5.06 Å². The molecule has 3 aliphatic heterocycles. The fraction of sp³-hybridized carbons (Fsp3) is 0.476. The maximum absolute atomic E-state index is 12.4. The number of carbonyl (C=O) groups excluding carboxylic acids is 3. The number of anilines is 1. The molecule has 2 amide bonds. The van der Waals surface area contributed by atoms with Gasteiger partial charge < -0.3 is 32.5 Å². The van der Waals surface area contributed by atoms with E-state index in [2.05, 4.69) is 0 Å². The van der Waals surface area contributed by atoms with E-state index in [1.807, 2.05) is 56.5 Å². The highest BCUT2D eigenvalue weighted by molar-refractivity contribution is 7.86. The van der Waals surface area contributed by atoms with Crippen LogP contribution in [-0.2, 0) is 65.1 Å². The topological polar surface area (TPSA) is 264 Å². The van der Waals surface area contributed by atoms with Crippen molar-refractivity contribution >= 4 is 59.9 Å². The van der Waals surface area contributed by atoms with Crippen molar-refractivity contribution in [3.63, 3.8) is 0 Å². The minimum Gasteiger partial charge on any atom is -0.748 e. The van der Waals surface area contributed by atoms with Crippen LogP contribution in [0.3, 0.4) is 0 Å². The van der Waals surface area contributed by atoms with E-state index in [-0.39, 0.29) is 63.7 Å². The van der Waals surface area contributed by atoms with E-state index in [0.29, 0.717) is 46.6 Å². The van der Waals surface area contributed by atoms with Crippen LogP contribution in [0, 0.1) is 0 Å². The lowest BCUT2D eigenvalue weighted by atomic mass is 9.77. The number of rotatable bonds is 19. The predicted octanol–water partition coefficient (Wildman–Crippen LogP) is 3.33. The van der Waals surface area contributed by atoms with E-state index in [9.17, 15) is 53.3 Å². The fourth-order valence-electron chi connectivity index (χ4n) is 7.74. The minimum atomic E-state index is -4.92. The Kier molecular flexibility index (Phi) is 15.3. The van der Waals surface area contributed by atoms with E-state index in [1.165, 1.54) is 12.1 Å². The lowest BCUT2D eigenvalue weighted by Gasteiger charge is -2.30. The first-order chi connectivity index (χ1) is 29.3. The number of carbonyl (C=O) groups is 3. The third-order valence-electron chi connectivity index (χ3n) is 10.8. The van der Waals surface area contributed by atoms with Crippen LogP contribution in [0.4, 0.5) is 5.69 Å². The third kappa shape index (κ3) is 12.7. The van der Waals surface area contributed by atoms with Gasteiger partial charge in [0.25, 0.3) is 11.8 Å². The number of amides is 2. The summed E-state index contributed by atoms with van der Waals surface area (Å²) in [6.45, 7) is 10.6. The number of hydrogen-bond acceptors (Lipinski definition) is 16. The molecule has 0 aromatic heterocycles. The van der Waals surface area contributed by atoms with Gasteiger partial charge in [-0.3, -0.25) is 9.59 Å². The second-order valence-corrected chi connectivity index (χ2v) is 20.9. The molecular formula is C42H51N3O15S3-2. The second kappa shape index (κ2) is 19.5. The number of hydroxylamine groups is 2. The maximum atomic E-state index is 12.4. The predicted molar refractivity (Wildman–Crippen MR) is 227 cm³/mol. The van der Waals surface area contributed by atoms with Gasteiger partial charge in [0.1, 0.15) is 34.7 Å². The molecule has 344 valence electrons. The van der Waals surface area contributed by atoms with Crippen LogP contribution in [0.15, 0.2) is 69.6 Å². The van der Waals surface area contributed by atoms with Crippen molar-refractivity contribution in [1.29, 1.82) is 0 Å². The first-order valence-corrected chi connectivity index (χ1v) is 24.8. The molecule has 1 aromatic carbocycles. The van der Waals surface area contributed by atoms with Crippen LogP contribution >= 0.6 is 0 Å². The number of ether oxygens (including phenoxy) is 1. The molecule has 1 unspecified atom stereocenters. The Labute approximate surface area is 367 Å². The summed E-state index contributed by atoms with van der Waals surface area (Å²) in [5, 5.41) is 1.19. The normalized spacial score (nSPS) is 18.6. The van der Waals surface area contributed by atoms with Gasteiger partial charge in [0.15, 0.2) is 0 Å². The van der Waals surface area contributed by atoms with Crippen LogP contribution in [0.25, 0.3) is 17.4 Å². The van der Waals surface area contributed by atoms with Gasteiger partial charge in [0, 0.05) is 65.7 Å². The second-order valence-electron chi connectivity index (χ2n) is 16.5. The standard InChI is InChI=1S/C42H53N3O15S3/c1-6-43(20-9-25-62(52,53)54)29-12-14-32-33(41(2,3)4)27-30(59-36(32)26-29)10-7-11-37-42(5,19-8-24-61(49,50)51)34-28-31(63(55,56)57)13-15-35(34)44(37)21-23-58-22-18-40(48)60-45-38(46)16-17-39(45)47/h7,10-15,26-28H,6,8-9,16-25H2,1-5H3,(H2-,49,50,51,52,53,54,55,56,57)/p-2. The minimum absolute atomic E-state index is 0.0132. The Morgan fingerprint density at radius 1 is 0.921 bits per heavy atom. The molecule has 1 atom stereocenters. The molecule has 1 saturated heterocycles. The molecule has 21 heteroatoms. The Balaban J connectivity index is 1.52. The fourth-order valence-corrected chi connectivity index (χ4v) is 9.22. The molecule has 5 rings (SSSR count). The molecule has 0 radical (unpaired) electrons. The van der Waals surface area contributed by atoms with Gasteiger partial charge in [-0.05, 0) is 85.7 Å². The Morgan fingerprint density at radius 3 is 2.21 bits per heavy atom. The summed E-state index contributed by atoms with van der Waals surface area (Å²) < 4.78 is 120. The molecule has 1 fully saturated rings. The van der Waals surface area contributed by atoms with Crippen molar-refractivity contribution in [2.45, 2.75) is 88.9 Å². The Bertz CT molecular complexity index is 2670. The summed E-state index contributed by atoms with van der Waals surface area (Å²) in [4.78, 5) is 42.2. The number of benzene rings is 2. The van der Waals surface area contributed by atoms with E-state index < -0.39 is 70.0 Å². The van der Waals surface area contributed by atoms with Gasteiger partial charge >= 0.3 is 5.97 Å². The molecule has 1 aliphatic carbocycles. The highest BCUT2D eigenvalue weighted by Gasteiger charge is 2.43. The number of nitrogens with zero attached hydrogens (tertiary/aromatic N) is 3. The van der Waals surface area contributed by atoms with Gasteiger partial charge in [0.2, 0.25) is 5.36 Å². The SMILES string of the molecule is CC[N+](CCCS(=O)(=O)[O-])=c1ccc2c(C(C)(C)C)cc(/C=C/C=C3/N(CCOCCC(=O)ON4C(=O)CCC4=O)c4ccc(S(=O)(=O)[O-])cc4C3(C)CCCS(=O)(=O)[O-])oc-2c1. The average Bonchev–Trinajstić information content (AvgIpc) is 3.61. The number of hydrogen-bond donors (Lipinski definition) is 0. The number of fused-ring (bicyclic) bond motifs is 2. The molecule has 0 saturated carbocycles. The monoisotopic (exact) mass is 933 g/mol. The van der Waals surface area contributed by atoms with Gasteiger partial charge in [-0.25, -0.2) is 34.6 Å². The number of imide groups is 1. The zero-order valence-corrected chi connectivity index (χ0v) is 38.1. The molecule has 18 nitrogen and oxygen atoms in total.